The van der Waals surface area contributed by atoms with E-state index in [1.54, 1.807) is 0 Å². The van der Waals surface area contributed by atoms with Crippen molar-refractivity contribution in [2.24, 2.45) is 5.92 Å². The van der Waals surface area contributed by atoms with Crippen molar-refractivity contribution in [3.8, 4) is 0 Å². The second-order valence-corrected chi connectivity index (χ2v) is 8.82. The molecule has 0 spiro atoms. The van der Waals surface area contributed by atoms with Crippen molar-refractivity contribution in [1.29, 1.82) is 0 Å². The highest BCUT2D eigenvalue weighted by atomic mass is 16.3. The second-order valence-electron chi connectivity index (χ2n) is 8.82. The van der Waals surface area contributed by atoms with Crippen molar-refractivity contribution >= 4 is 11.0 Å². The molecule has 0 saturated heterocycles. The van der Waals surface area contributed by atoms with Gasteiger partial charge in [-0.2, -0.15) is 0 Å². The van der Waals surface area contributed by atoms with Gasteiger partial charge in [-0.3, -0.25) is 0 Å². The molecule has 1 heterocycles. The van der Waals surface area contributed by atoms with Crippen LogP contribution in [-0.4, -0.2) is 11.7 Å². The van der Waals surface area contributed by atoms with E-state index in [4.69, 9.17) is 4.42 Å². The van der Waals surface area contributed by atoms with Crippen LogP contribution < -0.4 is 0 Å². The Morgan fingerprint density at radius 1 is 1.25 bits per heavy atom. The van der Waals surface area contributed by atoms with Gasteiger partial charge in [0.05, 0.1) is 0 Å². The molecule has 0 aliphatic heterocycles. The third-order valence-corrected chi connectivity index (χ3v) is 5.81. The van der Waals surface area contributed by atoms with Crippen LogP contribution in [0.3, 0.4) is 0 Å². The van der Waals surface area contributed by atoms with Crippen LogP contribution in [-0.2, 0) is 17.3 Å². The van der Waals surface area contributed by atoms with Crippen LogP contribution in [0.25, 0.3) is 11.0 Å². The van der Waals surface area contributed by atoms with Gasteiger partial charge in [0.2, 0.25) is 0 Å². The van der Waals surface area contributed by atoms with Gasteiger partial charge < -0.3 is 9.52 Å². The largest absolute Gasteiger partial charge is 0.461 e. The number of aliphatic hydroxyl groups excluding tert-OH is 1. The number of fused-ring (bicyclic) bond motifs is 1. The van der Waals surface area contributed by atoms with Gasteiger partial charge in [-0.05, 0) is 47.3 Å². The first-order valence-corrected chi connectivity index (χ1v) is 9.48. The highest BCUT2D eigenvalue weighted by Gasteiger charge is 2.50. The van der Waals surface area contributed by atoms with E-state index in [2.05, 4.69) is 52.8 Å². The quantitative estimate of drug-likeness (QED) is 0.687. The summed E-state index contributed by atoms with van der Waals surface area (Å²) >= 11 is 0. The Morgan fingerprint density at radius 2 is 2.00 bits per heavy atom. The van der Waals surface area contributed by atoms with Crippen LogP contribution in [0.15, 0.2) is 22.6 Å². The molecule has 24 heavy (non-hydrogen) atoms. The van der Waals surface area contributed by atoms with Crippen molar-refractivity contribution in [3.05, 3.63) is 35.1 Å². The fourth-order valence-electron chi connectivity index (χ4n) is 4.11. The van der Waals surface area contributed by atoms with Crippen LogP contribution >= 0.6 is 0 Å². The lowest BCUT2D eigenvalue weighted by Gasteiger charge is -2.20. The average molecular weight is 328 g/mol. The summed E-state index contributed by atoms with van der Waals surface area (Å²) in [6, 6.07) is 6.67. The number of hydrogen-bond acceptors (Lipinski definition) is 2. The van der Waals surface area contributed by atoms with Crippen LogP contribution in [0.1, 0.15) is 77.2 Å². The Hall–Kier alpha value is -1.28. The number of rotatable bonds is 6. The number of aryl methyl sites for hydroxylation is 1. The van der Waals surface area contributed by atoms with Crippen LogP contribution in [0.2, 0.25) is 0 Å². The Labute approximate surface area is 146 Å². The molecule has 1 aliphatic carbocycles. The smallest absolute Gasteiger partial charge is 0.134 e. The van der Waals surface area contributed by atoms with Crippen molar-refractivity contribution < 1.29 is 9.52 Å². The number of furan rings is 1. The average Bonchev–Trinajstić information content (AvgIpc) is 3.05. The van der Waals surface area contributed by atoms with E-state index < -0.39 is 0 Å². The summed E-state index contributed by atoms with van der Waals surface area (Å²) in [5.41, 5.74) is 3.95. The molecule has 0 bridgehead atoms. The summed E-state index contributed by atoms with van der Waals surface area (Å²) in [6.45, 7) is 11.6. The van der Waals surface area contributed by atoms with E-state index in [0.29, 0.717) is 5.92 Å². The highest BCUT2D eigenvalue weighted by Crippen LogP contribution is 2.54. The molecule has 2 aromatic rings. The molecule has 1 N–H and O–H groups in total. The standard InChI is InChI=1S/C22H32O2/c1-6-7-8-9-19-20(21(2,3)4)17-12-15(10-11-18(17)24-19)22(5)13-16(22)14-23/h10-12,16,23H,6-9,13-14H2,1-5H3/t16-,22+/m0/s1. The first-order chi connectivity index (χ1) is 11.3. The molecule has 1 saturated carbocycles. The van der Waals surface area contributed by atoms with Gasteiger partial charge in [0.25, 0.3) is 0 Å². The molecule has 2 atom stereocenters. The van der Waals surface area contributed by atoms with E-state index in [1.807, 2.05) is 0 Å². The van der Waals surface area contributed by atoms with Gasteiger partial charge in [0.15, 0.2) is 0 Å². The zero-order chi connectivity index (χ0) is 17.5. The Bertz CT molecular complexity index is 719. The summed E-state index contributed by atoms with van der Waals surface area (Å²) in [5, 5.41) is 10.8. The summed E-state index contributed by atoms with van der Waals surface area (Å²) in [5.74, 6) is 1.58. The lowest BCUT2D eigenvalue weighted by atomic mass is 9.83. The maximum absolute atomic E-state index is 9.51. The minimum Gasteiger partial charge on any atom is -0.461 e. The second kappa shape index (κ2) is 6.22. The van der Waals surface area contributed by atoms with Crippen molar-refractivity contribution in [2.75, 3.05) is 6.61 Å². The molecule has 1 fully saturated rings. The SMILES string of the molecule is CCCCCc1oc2ccc([C@@]3(C)C[C@H]3CO)cc2c1C(C)(C)C. The van der Waals surface area contributed by atoms with Gasteiger partial charge in [0.1, 0.15) is 11.3 Å². The lowest BCUT2D eigenvalue weighted by molar-refractivity contribution is 0.265. The van der Waals surface area contributed by atoms with E-state index in [-0.39, 0.29) is 17.4 Å². The summed E-state index contributed by atoms with van der Waals surface area (Å²) in [4.78, 5) is 0. The van der Waals surface area contributed by atoms with E-state index >= 15 is 0 Å². The number of benzene rings is 1. The predicted octanol–water partition coefficient (Wildman–Crippen LogP) is 5.73. The predicted molar refractivity (Wildman–Crippen MR) is 101 cm³/mol. The molecule has 132 valence electrons. The minimum absolute atomic E-state index is 0.0757. The fraction of sp³-hybridized carbons (Fsp3) is 0.636. The number of hydrogen-bond donors (Lipinski definition) is 1. The monoisotopic (exact) mass is 328 g/mol. The maximum atomic E-state index is 9.51. The van der Waals surface area contributed by atoms with Gasteiger partial charge in [-0.15, -0.1) is 0 Å². The summed E-state index contributed by atoms with van der Waals surface area (Å²) in [6.07, 6.45) is 5.79. The van der Waals surface area contributed by atoms with Crippen LogP contribution in [0, 0.1) is 5.92 Å². The van der Waals surface area contributed by atoms with Crippen molar-refractivity contribution in [3.63, 3.8) is 0 Å². The van der Waals surface area contributed by atoms with Gasteiger partial charge in [0, 0.05) is 24.0 Å². The Kier molecular flexibility index (Phi) is 4.55. The number of aliphatic hydroxyl groups is 1. The summed E-state index contributed by atoms with van der Waals surface area (Å²) < 4.78 is 6.26. The molecular formula is C22H32O2. The molecule has 1 aromatic heterocycles. The lowest BCUT2D eigenvalue weighted by Crippen LogP contribution is -2.13. The Morgan fingerprint density at radius 3 is 2.58 bits per heavy atom. The molecule has 0 radical (unpaired) electrons. The maximum Gasteiger partial charge on any atom is 0.134 e. The van der Waals surface area contributed by atoms with Gasteiger partial charge >= 0.3 is 0 Å². The van der Waals surface area contributed by atoms with E-state index in [1.165, 1.54) is 41.5 Å². The van der Waals surface area contributed by atoms with Crippen molar-refractivity contribution in [1.82, 2.24) is 0 Å². The van der Waals surface area contributed by atoms with E-state index in [9.17, 15) is 5.11 Å². The third-order valence-electron chi connectivity index (χ3n) is 5.81. The fourth-order valence-corrected chi connectivity index (χ4v) is 4.11. The molecule has 0 amide bonds. The van der Waals surface area contributed by atoms with Gasteiger partial charge in [-0.1, -0.05) is 53.5 Å². The molecule has 0 unspecified atom stereocenters. The zero-order valence-corrected chi connectivity index (χ0v) is 15.9. The van der Waals surface area contributed by atoms with Gasteiger partial charge in [-0.25, -0.2) is 0 Å². The molecule has 3 rings (SSSR count). The topological polar surface area (TPSA) is 33.4 Å². The zero-order valence-electron chi connectivity index (χ0n) is 15.9. The first-order valence-electron chi connectivity index (χ1n) is 9.48. The third kappa shape index (κ3) is 3.01. The molecule has 1 aromatic carbocycles. The number of unbranched alkanes of at least 4 members (excludes halogenated alkanes) is 2. The summed E-state index contributed by atoms with van der Waals surface area (Å²) in [7, 11) is 0. The first kappa shape index (κ1) is 17.5. The molecular weight excluding hydrogens is 296 g/mol. The normalized spacial score (nSPS) is 23.8. The Balaban J connectivity index is 2.04. The molecule has 1 aliphatic rings. The van der Waals surface area contributed by atoms with Crippen molar-refractivity contribution in [2.45, 2.75) is 77.6 Å². The molecule has 2 nitrogen and oxygen atoms in total. The minimum atomic E-state index is 0.0757. The van der Waals surface area contributed by atoms with E-state index in [0.717, 1.165) is 18.4 Å². The highest BCUT2D eigenvalue weighted by molar-refractivity contribution is 5.84. The molecule has 2 heteroatoms. The van der Waals surface area contributed by atoms with Crippen LogP contribution in [0.4, 0.5) is 0 Å². The van der Waals surface area contributed by atoms with Crippen LogP contribution in [0.5, 0.6) is 0 Å².